The maximum Gasteiger partial charge on any atom is 0.337 e. The molecule has 0 aliphatic rings. The molecule has 0 aliphatic heterocycles. The molecule has 16 heavy (non-hydrogen) atoms. The first-order valence-corrected chi connectivity index (χ1v) is 4.74. The Labute approximate surface area is 92.4 Å². The van der Waals surface area contributed by atoms with Gasteiger partial charge in [0, 0.05) is 43.5 Å². The van der Waals surface area contributed by atoms with Crippen molar-refractivity contribution < 1.29 is 9.90 Å². The molecule has 2 rings (SSSR count). The molecule has 82 valence electrons. The highest BCUT2D eigenvalue weighted by Crippen LogP contribution is 2.24. The van der Waals surface area contributed by atoms with Gasteiger partial charge in [0.25, 0.3) is 0 Å². The van der Waals surface area contributed by atoms with Crippen molar-refractivity contribution in [2.75, 3.05) is 19.0 Å². The van der Waals surface area contributed by atoms with Crippen LogP contribution in [-0.2, 0) is 0 Å². The van der Waals surface area contributed by atoms with E-state index in [2.05, 4.69) is 9.97 Å². The van der Waals surface area contributed by atoms with Gasteiger partial charge in [-0.3, -0.25) is 4.98 Å². The summed E-state index contributed by atoms with van der Waals surface area (Å²) in [6.45, 7) is 0. The highest BCUT2D eigenvalue weighted by molar-refractivity contribution is 6.06. The Kier molecular flexibility index (Phi) is 2.44. The van der Waals surface area contributed by atoms with Crippen molar-refractivity contribution in [1.29, 1.82) is 0 Å². The fourth-order valence-electron chi connectivity index (χ4n) is 1.60. The molecule has 0 fully saturated rings. The molecule has 1 N–H and O–H groups in total. The van der Waals surface area contributed by atoms with Gasteiger partial charge in [-0.2, -0.15) is 0 Å². The van der Waals surface area contributed by atoms with Gasteiger partial charge < -0.3 is 10.0 Å². The largest absolute Gasteiger partial charge is 0.478 e. The standard InChI is InChI=1S/C11H11N3O2/c1-14(2)10-8-5-12-4-3-7(8)9(6-13-10)11(15)16/h3-6H,1-2H3,(H,15,16). The molecule has 0 saturated heterocycles. The van der Waals surface area contributed by atoms with Crippen LogP contribution in [0.3, 0.4) is 0 Å². The summed E-state index contributed by atoms with van der Waals surface area (Å²) in [4.78, 5) is 21.0. The lowest BCUT2D eigenvalue weighted by Crippen LogP contribution is -2.12. The van der Waals surface area contributed by atoms with Crippen molar-refractivity contribution in [2.45, 2.75) is 0 Å². The molecule has 0 spiro atoms. The van der Waals surface area contributed by atoms with Gasteiger partial charge in [-0.05, 0) is 6.07 Å². The van der Waals surface area contributed by atoms with E-state index in [1.807, 2.05) is 19.0 Å². The maximum atomic E-state index is 11.0. The number of carbonyl (C=O) groups is 1. The number of hydrogen-bond acceptors (Lipinski definition) is 4. The quantitative estimate of drug-likeness (QED) is 0.823. The van der Waals surface area contributed by atoms with E-state index in [1.165, 1.54) is 6.20 Å². The summed E-state index contributed by atoms with van der Waals surface area (Å²) in [5.41, 5.74) is 0.197. The summed E-state index contributed by atoms with van der Waals surface area (Å²) in [7, 11) is 3.71. The molecular weight excluding hydrogens is 206 g/mol. The lowest BCUT2D eigenvalue weighted by molar-refractivity contribution is 0.0698. The molecule has 5 heteroatoms. The van der Waals surface area contributed by atoms with Crippen LogP contribution in [0.25, 0.3) is 10.8 Å². The van der Waals surface area contributed by atoms with Crippen LogP contribution in [0.2, 0.25) is 0 Å². The van der Waals surface area contributed by atoms with E-state index in [-0.39, 0.29) is 5.56 Å². The van der Waals surface area contributed by atoms with Gasteiger partial charge in [-0.15, -0.1) is 0 Å². The van der Waals surface area contributed by atoms with Crippen molar-refractivity contribution in [1.82, 2.24) is 9.97 Å². The Hall–Kier alpha value is -2.17. The van der Waals surface area contributed by atoms with Crippen molar-refractivity contribution in [2.24, 2.45) is 0 Å². The van der Waals surface area contributed by atoms with E-state index in [4.69, 9.17) is 5.11 Å². The topological polar surface area (TPSA) is 66.3 Å². The Bertz CT molecular complexity index is 552. The Balaban J connectivity index is 2.82. The minimum Gasteiger partial charge on any atom is -0.478 e. The average Bonchev–Trinajstić information content (AvgIpc) is 2.27. The second-order valence-corrected chi connectivity index (χ2v) is 3.62. The van der Waals surface area contributed by atoms with Crippen LogP contribution in [0.5, 0.6) is 0 Å². The minimum absolute atomic E-state index is 0.197. The summed E-state index contributed by atoms with van der Waals surface area (Å²) in [5, 5.41) is 10.4. The second kappa shape index (κ2) is 3.77. The Morgan fingerprint density at radius 1 is 1.31 bits per heavy atom. The normalized spacial score (nSPS) is 10.4. The average molecular weight is 217 g/mol. The van der Waals surface area contributed by atoms with Crippen molar-refractivity contribution in [3.63, 3.8) is 0 Å². The van der Waals surface area contributed by atoms with Gasteiger partial charge in [0.1, 0.15) is 5.82 Å². The number of nitrogens with zero attached hydrogens (tertiary/aromatic N) is 3. The van der Waals surface area contributed by atoms with Gasteiger partial charge in [0.05, 0.1) is 5.56 Å². The summed E-state index contributed by atoms with van der Waals surface area (Å²) in [6, 6.07) is 1.69. The van der Waals surface area contributed by atoms with E-state index < -0.39 is 5.97 Å². The molecule has 0 bridgehead atoms. The van der Waals surface area contributed by atoms with E-state index in [0.717, 1.165) is 5.39 Å². The van der Waals surface area contributed by atoms with Gasteiger partial charge >= 0.3 is 5.97 Å². The smallest absolute Gasteiger partial charge is 0.337 e. The molecule has 2 aromatic heterocycles. The number of aromatic nitrogens is 2. The number of aromatic carboxylic acids is 1. The lowest BCUT2D eigenvalue weighted by atomic mass is 10.1. The van der Waals surface area contributed by atoms with Crippen LogP contribution in [0.4, 0.5) is 5.82 Å². The molecule has 2 heterocycles. The van der Waals surface area contributed by atoms with Crippen LogP contribution in [0.1, 0.15) is 10.4 Å². The molecular formula is C11H11N3O2. The molecule has 5 nitrogen and oxygen atoms in total. The van der Waals surface area contributed by atoms with E-state index in [0.29, 0.717) is 11.2 Å². The van der Waals surface area contributed by atoms with Crippen LogP contribution >= 0.6 is 0 Å². The minimum atomic E-state index is -0.978. The fourth-order valence-corrected chi connectivity index (χ4v) is 1.60. The third kappa shape index (κ3) is 1.56. The first-order valence-electron chi connectivity index (χ1n) is 4.74. The number of pyridine rings is 2. The molecule has 0 radical (unpaired) electrons. The summed E-state index contributed by atoms with van der Waals surface area (Å²) >= 11 is 0. The number of rotatable bonds is 2. The molecule has 0 amide bonds. The molecule has 2 aromatic rings. The van der Waals surface area contributed by atoms with Crippen LogP contribution in [0, 0.1) is 0 Å². The number of hydrogen-bond donors (Lipinski definition) is 1. The van der Waals surface area contributed by atoms with Gasteiger partial charge in [-0.1, -0.05) is 0 Å². The molecule has 0 unspecified atom stereocenters. The highest BCUT2D eigenvalue weighted by atomic mass is 16.4. The predicted molar refractivity (Wildman–Crippen MR) is 60.8 cm³/mol. The molecule has 0 aromatic carbocycles. The zero-order chi connectivity index (χ0) is 11.7. The predicted octanol–water partition coefficient (Wildman–Crippen LogP) is 1.39. The molecule has 0 saturated carbocycles. The van der Waals surface area contributed by atoms with Crippen LogP contribution in [-0.4, -0.2) is 35.1 Å². The summed E-state index contributed by atoms with van der Waals surface area (Å²) in [5.74, 6) is -0.262. The molecule has 0 atom stereocenters. The van der Waals surface area contributed by atoms with E-state index in [1.54, 1.807) is 18.5 Å². The second-order valence-electron chi connectivity index (χ2n) is 3.62. The molecule has 0 aliphatic carbocycles. The number of carboxylic acids is 1. The third-order valence-corrected chi connectivity index (χ3v) is 2.32. The summed E-state index contributed by atoms with van der Waals surface area (Å²) in [6.07, 6.45) is 4.58. The van der Waals surface area contributed by atoms with Gasteiger partial charge in [-0.25, -0.2) is 9.78 Å². The number of carboxylic acid groups (broad SMARTS) is 1. The SMILES string of the molecule is CN(C)c1ncc(C(=O)O)c2ccncc12. The van der Waals surface area contributed by atoms with Gasteiger partial charge in [0.2, 0.25) is 0 Å². The zero-order valence-electron chi connectivity index (χ0n) is 9.01. The first kappa shape index (κ1) is 10.4. The van der Waals surface area contributed by atoms with Crippen LogP contribution in [0.15, 0.2) is 24.7 Å². The first-order chi connectivity index (χ1) is 7.61. The number of fused-ring (bicyclic) bond motifs is 1. The highest BCUT2D eigenvalue weighted by Gasteiger charge is 2.13. The maximum absolute atomic E-state index is 11.0. The van der Waals surface area contributed by atoms with Crippen LogP contribution < -0.4 is 4.90 Å². The fraction of sp³-hybridized carbons (Fsp3) is 0.182. The van der Waals surface area contributed by atoms with Crippen molar-refractivity contribution in [3.05, 3.63) is 30.2 Å². The zero-order valence-corrected chi connectivity index (χ0v) is 9.01. The number of anilines is 1. The Morgan fingerprint density at radius 2 is 2.06 bits per heavy atom. The van der Waals surface area contributed by atoms with Crippen molar-refractivity contribution in [3.8, 4) is 0 Å². The van der Waals surface area contributed by atoms with E-state index >= 15 is 0 Å². The van der Waals surface area contributed by atoms with Crippen molar-refractivity contribution >= 4 is 22.6 Å². The lowest BCUT2D eigenvalue weighted by Gasteiger charge is -2.14. The van der Waals surface area contributed by atoms with Gasteiger partial charge in [0.15, 0.2) is 0 Å². The monoisotopic (exact) mass is 217 g/mol. The third-order valence-electron chi connectivity index (χ3n) is 2.32. The summed E-state index contributed by atoms with van der Waals surface area (Å²) < 4.78 is 0. The Morgan fingerprint density at radius 3 is 2.69 bits per heavy atom. The van der Waals surface area contributed by atoms with E-state index in [9.17, 15) is 4.79 Å².